The van der Waals surface area contributed by atoms with Crippen molar-refractivity contribution < 1.29 is 62.1 Å². The number of rotatable bonds is 4. The maximum absolute atomic E-state index is 7.50. The first-order chi connectivity index (χ1) is 15.9. The van der Waals surface area contributed by atoms with E-state index in [1.807, 2.05) is 0 Å². The molecule has 6 nitrogen and oxygen atoms in total. The SMILES string of the molecule is [C-]#[O+].[C-]#[O+].[C-]#[O+].[C-]#[O+].[C-]#[O+].[C-]#[O+].[Fe+4].[Fe+4].c1ccc([P-]c2ccccc2[P-]c2ccccc2)cc1. The average Bonchev–Trinajstić information content (AvgIpc) is 2.93. The summed E-state index contributed by atoms with van der Waals surface area (Å²) >= 11 is 0. The van der Waals surface area contributed by atoms with Crippen LogP contribution in [0.15, 0.2) is 84.9 Å². The molecule has 0 bridgehead atoms. The van der Waals surface area contributed by atoms with Crippen LogP contribution in [0.3, 0.4) is 0 Å². The summed E-state index contributed by atoms with van der Waals surface area (Å²) in [5.41, 5.74) is 0. The Bertz CT molecular complexity index is 834. The molecule has 0 aromatic heterocycles. The van der Waals surface area contributed by atoms with Crippen molar-refractivity contribution in [1.82, 2.24) is 0 Å². The third kappa shape index (κ3) is 23.2. The van der Waals surface area contributed by atoms with Gasteiger partial charge in [-0.15, -0.1) is 0 Å². The van der Waals surface area contributed by atoms with E-state index in [-0.39, 0.29) is 34.1 Å². The van der Waals surface area contributed by atoms with Crippen LogP contribution in [0.4, 0.5) is 0 Å². The van der Waals surface area contributed by atoms with Gasteiger partial charge in [-0.25, -0.2) is 21.2 Å². The molecule has 34 heavy (non-hydrogen) atoms. The molecule has 0 aliphatic carbocycles. The molecule has 0 N–H and O–H groups in total. The normalized spacial score (nSPS) is 7.18. The zero-order chi connectivity index (χ0) is 25.6. The smallest absolute Gasteiger partial charge is 0.475 e. The van der Waals surface area contributed by atoms with Gasteiger partial charge in [0.2, 0.25) is 0 Å². The van der Waals surface area contributed by atoms with Crippen LogP contribution in [0, 0.1) is 39.9 Å². The molecule has 0 saturated heterocycles. The van der Waals surface area contributed by atoms with Crippen LogP contribution in [0.25, 0.3) is 0 Å². The fraction of sp³-hybridized carbons (Fsp3) is 0. The Balaban J connectivity index is -0.000000123. The van der Waals surface area contributed by atoms with Crippen LogP contribution < -0.4 is 21.2 Å². The first kappa shape index (κ1) is 45.5. The Labute approximate surface area is 224 Å². The van der Waals surface area contributed by atoms with Gasteiger partial charge in [-0.05, 0) is 0 Å². The van der Waals surface area contributed by atoms with Crippen molar-refractivity contribution in [3.05, 3.63) is 125 Å². The Hall–Kier alpha value is -2.00. The molecule has 0 unspecified atom stereocenters. The molecule has 0 radical (unpaired) electrons. The van der Waals surface area contributed by atoms with E-state index in [0.29, 0.717) is 0 Å². The standard InChI is InChI=1S/C18H14P2.6CO.2Fe/c1-3-9-15(10-4-1)19-17-13-7-8-14-18(17)20-16-11-5-2-6-12-16;6*1-2;;/h1-14H;;;;;;;;/q-2;;;;;;;2*+4. The van der Waals surface area contributed by atoms with Gasteiger partial charge in [-0.3, -0.25) is 0 Å². The predicted octanol–water partition coefficient (Wildman–Crippen LogP) is 3.25. The summed E-state index contributed by atoms with van der Waals surface area (Å²) in [5.74, 6) is 0. The minimum absolute atomic E-state index is 0. The molecule has 0 aliphatic rings. The average molecular weight is 572 g/mol. The second-order valence-electron chi connectivity index (χ2n) is 4.38. The van der Waals surface area contributed by atoms with Gasteiger partial charge in [-0.2, -0.15) is 0 Å². The molecule has 0 spiro atoms. The monoisotopic (exact) mass is 572 g/mol. The van der Waals surface area contributed by atoms with Crippen LogP contribution in [0.1, 0.15) is 0 Å². The largest absolute Gasteiger partial charge is 4.00 e. The molecule has 0 heterocycles. The van der Waals surface area contributed by atoms with E-state index in [9.17, 15) is 0 Å². The Morgan fingerprint density at radius 1 is 0.353 bits per heavy atom. The Morgan fingerprint density at radius 2 is 0.559 bits per heavy atom. The summed E-state index contributed by atoms with van der Waals surface area (Å²) in [7, 11) is 2.55. The first-order valence-corrected chi connectivity index (χ1v) is 9.56. The van der Waals surface area contributed by atoms with Gasteiger partial charge >= 0.3 is 102 Å². The van der Waals surface area contributed by atoms with E-state index in [1.54, 1.807) is 0 Å². The maximum Gasteiger partial charge on any atom is 4.00 e. The topological polar surface area (TPSA) is 119 Å². The van der Waals surface area contributed by atoms with Crippen molar-refractivity contribution in [1.29, 1.82) is 0 Å². The molecule has 10 heteroatoms. The predicted molar refractivity (Wildman–Crippen MR) is 115 cm³/mol. The van der Waals surface area contributed by atoms with Crippen LogP contribution in [-0.2, 0) is 62.1 Å². The number of benzene rings is 3. The van der Waals surface area contributed by atoms with Crippen LogP contribution in [-0.4, -0.2) is 0 Å². The Morgan fingerprint density at radius 3 is 0.794 bits per heavy atom. The van der Waals surface area contributed by atoms with Gasteiger partial charge in [-0.1, -0.05) is 84.9 Å². The van der Waals surface area contributed by atoms with E-state index in [1.165, 1.54) is 38.4 Å². The van der Waals surface area contributed by atoms with Gasteiger partial charge in [0.15, 0.2) is 0 Å². The minimum atomic E-state index is 0. The summed E-state index contributed by atoms with van der Waals surface area (Å²) in [5, 5.41) is 5.43. The Kier molecular flexibility index (Phi) is 55.2. The van der Waals surface area contributed by atoms with E-state index < -0.39 is 0 Å². The zero-order valence-corrected chi connectivity index (χ0v) is 21.1. The quantitative estimate of drug-likeness (QED) is 0.198. The number of hydrogen-bond donors (Lipinski definition) is 0. The van der Waals surface area contributed by atoms with Crippen molar-refractivity contribution in [2.45, 2.75) is 0 Å². The third-order valence-corrected chi connectivity index (χ3v) is 5.44. The molecule has 0 saturated carbocycles. The van der Waals surface area contributed by atoms with Gasteiger partial charge in [0.1, 0.15) is 0 Å². The van der Waals surface area contributed by atoms with Crippen molar-refractivity contribution in [3.63, 3.8) is 0 Å². The van der Waals surface area contributed by atoms with E-state index in [0.717, 1.165) is 0 Å². The van der Waals surface area contributed by atoms with E-state index in [2.05, 4.69) is 125 Å². The summed E-state index contributed by atoms with van der Waals surface area (Å²) in [6.07, 6.45) is 0. The zero-order valence-electron chi connectivity index (χ0n) is 17.1. The third-order valence-electron chi connectivity index (χ3n) is 2.89. The van der Waals surface area contributed by atoms with E-state index >= 15 is 0 Å². The maximum atomic E-state index is 7.50. The fourth-order valence-corrected chi connectivity index (χ4v) is 4.13. The van der Waals surface area contributed by atoms with Crippen molar-refractivity contribution in [3.8, 4) is 0 Å². The first-order valence-electron chi connectivity index (χ1n) is 7.77. The van der Waals surface area contributed by atoms with Gasteiger partial charge in [0, 0.05) is 0 Å². The molecule has 3 aromatic carbocycles. The van der Waals surface area contributed by atoms with Crippen molar-refractivity contribution in [2.75, 3.05) is 0 Å². The summed E-state index contributed by atoms with van der Waals surface area (Å²) < 4.78 is 45.0. The molecule has 0 fully saturated rings. The van der Waals surface area contributed by atoms with Crippen LogP contribution in [0.5, 0.6) is 0 Å². The number of hydrogen-bond acceptors (Lipinski definition) is 0. The van der Waals surface area contributed by atoms with Gasteiger partial charge in [0.25, 0.3) is 0 Å². The molecule has 0 amide bonds. The van der Waals surface area contributed by atoms with Gasteiger partial charge in [0.05, 0.1) is 0 Å². The molecule has 166 valence electrons. The fourth-order valence-electron chi connectivity index (χ4n) is 1.94. The van der Waals surface area contributed by atoms with Crippen LogP contribution >= 0.6 is 17.2 Å². The molecule has 0 aliphatic heterocycles. The van der Waals surface area contributed by atoms with Crippen LogP contribution in [0.2, 0.25) is 0 Å². The second kappa shape index (κ2) is 41.3. The van der Waals surface area contributed by atoms with Crippen molar-refractivity contribution >= 4 is 38.4 Å². The summed E-state index contributed by atoms with van der Waals surface area (Å²) in [6.45, 7) is 27.0. The molecular formula is C24H14Fe2O6P2+6. The van der Waals surface area contributed by atoms with E-state index in [4.69, 9.17) is 27.9 Å². The van der Waals surface area contributed by atoms with Crippen molar-refractivity contribution in [2.24, 2.45) is 0 Å². The molecular weight excluding hydrogens is 558 g/mol. The molecule has 3 rings (SSSR count). The summed E-state index contributed by atoms with van der Waals surface area (Å²) in [4.78, 5) is 0. The molecule has 3 aromatic rings. The minimum Gasteiger partial charge on any atom is -0.475 e. The molecule has 0 atom stereocenters. The van der Waals surface area contributed by atoms with Gasteiger partial charge < -0.3 is 17.2 Å². The second-order valence-corrected chi connectivity index (χ2v) is 6.83. The summed E-state index contributed by atoms with van der Waals surface area (Å²) in [6, 6.07) is 29.9.